The second-order valence-electron chi connectivity index (χ2n) is 4.51. The second kappa shape index (κ2) is 6.53. The predicted molar refractivity (Wildman–Crippen MR) is 78.5 cm³/mol. The van der Waals surface area contributed by atoms with Crippen LogP contribution in [0.2, 0.25) is 0 Å². The van der Waals surface area contributed by atoms with Crippen molar-refractivity contribution in [2.45, 2.75) is 13.0 Å². The van der Waals surface area contributed by atoms with E-state index in [2.05, 4.69) is 16.4 Å². The number of nitriles is 1. The average Bonchev–Trinajstić information content (AvgIpc) is 2.52. The van der Waals surface area contributed by atoms with Crippen molar-refractivity contribution in [3.8, 4) is 6.07 Å². The van der Waals surface area contributed by atoms with E-state index in [9.17, 15) is 4.79 Å². The summed E-state index contributed by atoms with van der Waals surface area (Å²) in [5.41, 5.74) is 1.96. The molecule has 0 amide bonds. The summed E-state index contributed by atoms with van der Waals surface area (Å²) >= 11 is 0. The maximum absolute atomic E-state index is 12.0. The molecule has 0 saturated heterocycles. The summed E-state index contributed by atoms with van der Waals surface area (Å²) < 4.78 is 4.83. The molecule has 2 aromatic rings. The zero-order valence-corrected chi connectivity index (χ0v) is 11.8. The SMILES string of the molecule is COC(=O)C(Nc1cc(C#N)cc(C)n1)c1ccccc1. The highest BCUT2D eigenvalue weighted by atomic mass is 16.5. The summed E-state index contributed by atoms with van der Waals surface area (Å²) in [5, 5.41) is 12.0. The van der Waals surface area contributed by atoms with Crippen LogP contribution in [-0.4, -0.2) is 18.1 Å². The van der Waals surface area contributed by atoms with Crippen LogP contribution < -0.4 is 5.32 Å². The number of ether oxygens (including phenoxy) is 1. The molecular formula is C16H15N3O2. The molecule has 1 atom stereocenters. The molecule has 0 spiro atoms. The molecule has 5 nitrogen and oxygen atoms in total. The van der Waals surface area contributed by atoms with E-state index in [1.165, 1.54) is 7.11 Å². The molecule has 1 N–H and O–H groups in total. The molecule has 1 unspecified atom stereocenters. The lowest BCUT2D eigenvalue weighted by atomic mass is 10.1. The van der Waals surface area contributed by atoms with Gasteiger partial charge in [-0.05, 0) is 24.6 Å². The number of carbonyl (C=O) groups excluding carboxylic acids is 1. The monoisotopic (exact) mass is 281 g/mol. The number of carbonyl (C=O) groups is 1. The molecule has 0 bridgehead atoms. The van der Waals surface area contributed by atoms with Gasteiger partial charge in [0.2, 0.25) is 0 Å². The molecule has 2 rings (SSSR count). The zero-order valence-electron chi connectivity index (χ0n) is 11.8. The Balaban J connectivity index is 2.34. The predicted octanol–water partition coefficient (Wildman–Crippen LogP) is 2.59. The molecule has 0 aliphatic rings. The van der Waals surface area contributed by atoms with Crippen molar-refractivity contribution in [2.24, 2.45) is 0 Å². The number of hydrogen-bond donors (Lipinski definition) is 1. The minimum Gasteiger partial charge on any atom is -0.467 e. The van der Waals surface area contributed by atoms with Gasteiger partial charge in [0.05, 0.1) is 18.7 Å². The molecular weight excluding hydrogens is 266 g/mol. The van der Waals surface area contributed by atoms with E-state index in [-0.39, 0.29) is 0 Å². The van der Waals surface area contributed by atoms with Crippen LogP contribution in [-0.2, 0) is 9.53 Å². The fourth-order valence-corrected chi connectivity index (χ4v) is 2.00. The van der Waals surface area contributed by atoms with E-state index in [0.717, 1.165) is 5.56 Å². The van der Waals surface area contributed by atoms with E-state index in [0.29, 0.717) is 17.1 Å². The lowest BCUT2D eigenvalue weighted by Gasteiger charge is -2.17. The normalized spacial score (nSPS) is 11.3. The molecule has 106 valence electrons. The van der Waals surface area contributed by atoms with Gasteiger partial charge in [0.1, 0.15) is 5.82 Å². The molecule has 1 aromatic heterocycles. The van der Waals surface area contributed by atoms with E-state index < -0.39 is 12.0 Å². The Labute approximate surface area is 123 Å². The van der Waals surface area contributed by atoms with Gasteiger partial charge in [-0.15, -0.1) is 0 Å². The van der Waals surface area contributed by atoms with Crippen LogP contribution in [0.15, 0.2) is 42.5 Å². The highest BCUT2D eigenvalue weighted by Crippen LogP contribution is 2.20. The molecule has 0 radical (unpaired) electrons. The van der Waals surface area contributed by atoms with Gasteiger partial charge >= 0.3 is 5.97 Å². The second-order valence-corrected chi connectivity index (χ2v) is 4.51. The zero-order chi connectivity index (χ0) is 15.2. The number of aryl methyl sites for hydroxylation is 1. The Kier molecular flexibility index (Phi) is 4.52. The summed E-state index contributed by atoms with van der Waals surface area (Å²) in [4.78, 5) is 16.3. The topological polar surface area (TPSA) is 75.0 Å². The quantitative estimate of drug-likeness (QED) is 0.872. The van der Waals surface area contributed by atoms with Gasteiger partial charge in [-0.25, -0.2) is 9.78 Å². The molecule has 1 aromatic carbocycles. The number of nitrogens with zero attached hydrogens (tertiary/aromatic N) is 2. The van der Waals surface area contributed by atoms with Gasteiger partial charge in [-0.2, -0.15) is 5.26 Å². The molecule has 0 aliphatic carbocycles. The number of anilines is 1. The molecule has 0 saturated carbocycles. The van der Waals surface area contributed by atoms with Gasteiger partial charge < -0.3 is 10.1 Å². The van der Waals surface area contributed by atoms with Crippen LogP contribution in [0, 0.1) is 18.3 Å². The molecule has 5 heteroatoms. The maximum Gasteiger partial charge on any atom is 0.333 e. The highest BCUT2D eigenvalue weighted by Gasteiger charge is 2.21. The van der Waals surface area contributed by atoms with E-state index in [1.54, 1.807) is 19.1 Å². The van der Waals surface area contributed by atoms with Crippen molar-refractivity contribution in [1.29, 1.82) is 5.26 Å². The molecule has 1 heterocycles. The van der Waals surface area contributed by atoms with Gasteiger partial charge in [0, 0.05) is 5.69 Å². The number of nitrogens with one attached hydrogen (secondary N) is 1. The van der Waals surface area contributed by atoms with Gasteiger partial charge in [0.15, 0.2) is 6.04 Å². The standard InChI is InChI=1S/C16H15N3O2/c1-11-8-12(10-17)9-14(18-11)19-15(16(20)21-2)13-6-4-3-5-7-13/h3-9,15H,1-2H3,(H,18,19). The molecule has 0 aliphatic heterocycles. The number of methoxy groups -OCH3 is 1. The Hall–Kier alpha value is -2.87. The fraction of sp³-hybridized carbons (Fsp3) is 0.188. The number of pyridine rings is 1. The summed E-state index contributed by atoms with van der Waals surface area (Å²) in [7, 11) is 1.34. The van der Waals surface area contributed by atoms with E-state index >= 15 is 0 Å². The largest absolute Gasteiger partial charge is 0.467 e. The number of rotatable bonds is 4. The summed E-state index contributed by atoms with van der Waals surface area (Å²) in [6.07, 6.45) is 0. The third-order valence-corrected chi connectivity index (χ3v) is 2.94. The maximum atomic E-state index is 12.0. The molecule has 21 heavy (non-hydrogen) atoms. The Morgan fingerprint density at radius 2 is 2.05 bits per heavy atom. The smallest absolute Gasteiger partial charge is 0.333 e. The minimum absolute atomic E-state index is 0.414. The Morgan fingerprint density at radius 1 is 1.33 bits per heavy atom. The van der Waals surface area contributed by atoms with Crippen molar-refractivity contribution < 1.29 is 9.53 Å². The van der Waals surface area contributed by atoms with Crippen molar-refractivity contribution in [1.82, 2.24) is 4.98 Å². The minimum atomic E-state index is -0.669. The summed E-state index contributed by atoms with van der Waals surface area (Å²) in [6, 6.07) is 13.9. The first-order chi connectivity index (χ1) is 10.1. The van der Waals surface area contributed by atoms with Crippen LogP contribution >= 0.6 is 0 Å². The van der Waals surface area contributed by atoms with Crippen LogP contribution in [0.4, 0.5) is 5.82 Å². The Morgan fingerprint density at radius 3 is 2.67 bits per heavy atom. The van der Waals surface area contributed by atoms with Crippen LogP contribution in [0.3, 0.4) is 0 Å². The van der Waals surface area contributed by atoms with Crippen molar-refractivity contribution >= 4 is 11.8 Å². The first-order valence-corrected chi connectivity index (χ1v) is 6.42. The highest BCUT2D eigenvalue weighted by molar-refractivity contribution is 5.80. The first-order valence-electron chi connectivity index (χ1n) is 6.42. The van der Waals surface area contributed by atoms with Crippen LogP contribution in [0.5, 0.6) is 0 Å². The summed E-state index contributed by atoms with van der Waals surface area (Å²) in [6.45, 7) is 1.79. The fourth-order valence-electron chi connectivity index (χ4n) is 2.00. The number of benzene rings is 1. The lowest BCUT2D eigenvalue weighted by Crippen LogP contribution is -2.23. The van der Waals surface area contributed by atoms with Crippen molar-refractivity contribution in [2.75, 3.05) is 12.4 Å². The third kappa shape index (κ3) is 3.57. The van der Waals surface area contributed by atoms with Crippen molar-refractivity contribution in [3.63, 3.8) is 0 Å². The lowest BCUT2D eigenvalue weighted by molar-refractivity contribution is -0.141. The third-order valence-electron chi connectivity index (χ3n) is 2.94. The van der Waals surface area contributed by atoms with Crippen LogP contribution in [0.1, 0.15) is 22.9 Å². The van der Waals surface area contributed by atoms with Gasteiger partial charge in [-0.1, -0.05) is 30.3 Å². The number of hydrogen-bond acceptors (Lipinski definition) is 5. The van der Waals surface area contributed by atoms with Gasteiger partial charge in [0.25, 0.3) is 0 Å². The van der Waals surface area contributed by atoms with Crippen molar-refractivity contribution in [3.05, 3.63) is 59.3 Å². The first kappa shape index (κ1) is 14.5. The summed E-state index contributed by atoms with van der Waals surface area (Å²) in [5.74, 6) is 0.0498. The van der Waals surface area contributed by atoms with Crippen LogP contribution in [0.25, 0.3) is 0 Å². The average molecular weight is 281 g/mol. The number of aromatic nitrogens is 1. The van der Waals surface area contributed by atoms with E-state index in [4.69, 9.17) is 10.00 Å². The molecule has 0 fully saturated rings. The number of esters is 1. The Bertz CT molecular complexity index is 678. The van der Waals surface area contributed by atoms with Gasteiger partial charge in [-0.3, -0.25) is 0 Å². The van der Waals surface area contributed by atoms with E-state index in [1.807, 2.05) is 30.3 Å².